The number of amides is 1. The first kappa shape index (κ1) is 21.5. The van der Waals surface area contributed by atoms with Gasteiger partial charge in [0.05, 0.1) is 12.0 Å². The monoisotopic (exact) mass is 441 g/mol. The molecule has 0 radical (unpaired) electrons. The molecule has 32 heavy (non-hydrogen) atoms. The Balaban J connectivity index is 1.49. The molecule has 0 aliphatic rings. The number of hydrazone groups is 1. The van der Waals surface area contributed by atoms with E-state index >= 15 is 0 Å². The van der Waals surface area contributed by atoms with Crippen LogP contribution in [0.5, 0.6) is 0 Å². The maximum Gasteiger partial charge on any atom is 0.250 e. The summed E-state index contributed by atoms with van der Waals surface area (Å²) in [7, 11) is 0. The smallest absolute Gasteiger partial charge is 0.250 e. The van der Waals surface area contributed by atoms with Crippen molar-refractivity contribution in [2.45, 2.75) is 19.0 Å². The maximum atomic E-state index is 12.3. The standard InChI is InChI=1S/C25H23N5OS/c1-18-8-12-20(13-9-18)16-26-27-23(31)17-32-25-29-28-24(21-6-4-3-5-7-21)30(25)22-14-10-19(2)11-15-22/h3-16H,17H2,1-2H3,(H,27,31)/b26-16-. The lowest BCUT2D eigenvalue weighted by molar-refractivity contribution is -0.118. The van der Waals surface area contributed by atoms with E-state index in [1.54, 1.807) is 6.21 Å². The zero-order valence-electron chi connectivity index (χ0n) is 17.9. The van der Waals surface area contributed by atoms with Crippen LogP contribution < -0.4 is 5.43 Å². The molecule has 0 fully saturated rings. The van der Waals surface area contributed by atoms with Gasteiger partial charge >= 0.3 is 0 Å². The average molecular weight is 442 g/mol. The van der Waals surface area contributed by atoms with Gasteiger partial charge in [0.15, 0.2) is 11.0 Å². The minimum absolute atomic E-state index is 0.171. The van der Waals surface area contributed by atoms with Crippen LogP contribution in [0.25, 0.3) is 17.1 Å². The summed E-state index contributed by atoms with van der Waals surface area (Å²) in [5, 5.41) is 13.4. The number of thioether (sulfide) groups is 1. The molecule has 0 saturated carbocycles. The first-order chi connectivity index (χ1) is 15.6. The summed E-state index contributed by atoms with van der Waals surface area (Å²) in [5.41, 5.74) is 7.75. The number of benzene rings is 3. The van der Waals surface area contributed by atoms with Gasteiger partial charge in [0.25, 0.3) is 5.91 Å². The van der Waals surface area contributed by atoms with Gasteiger partial charge in [-0.05, 0) is 31.5 Å². The second-order valence-electron chi connectivity index (χ2n) is 7.34. The van der Waals surface area contributed by atoms with Crippen LogP contribution in [0.15, 0.2) is 89.1 Å². The summed E-state index contributed by atoms with van der Waals surface area (Å²) in [6, 6.07) is 26.0. The fraction of sp³-hybridized carbons (Fsp3) is 0.120. The molecule has 0 aliphatic carbocycles. The third-order valence-corrected chi connectivity index (χ3v) is 5.70. The van der Waals surface area contributed by atoms with Crippen molar-refractivity contribution in [2.24, 2.45) is 5.10 Å². The molecule has 0 aliphatic heterocycles. The van der Waals surface area contributed by atoms with Gasteiger partial charge in [0.1, 0.15) is 0 Å². The van der Waals surface area contributed by atoms with E-state index in [2.05, 4.69) is 20.7 Å². The van der Waals surface area contributed by atoms with Gasteiger partial charge in [-0.3, -0.25) is 9.36 Å². The van der Waals surface area contributed by atoms with Crippen molar-refractivity contribution in [3.63, 3.8) is 0 Å². The normalized spacial score (nSPS) is 11.1. The molecule has 4 rings (SSSR count). The van der Waals surface area contributed by atoms with Crippen molar-refractivity contribution in [1.82, 2.24) is 20.2 Å². The number of aromatic nitrogens is 3. The second kappa shape index (κ2) is 10.1. The van der Waals surface area contributed by atoms with Crippen LogP contribution in [0.3, 0.4) is 0 Å². The Bertz CT molecular complexity index is 1220. The lowest BCUT2D eigenvalue weighted by Crippen LogP contribution is -2.20. The minimum atomic E-state index is -0.210. The van der Waals surface area contributed by atoms with Crippen molar-refractivity contribution in [2.75, 3.05) is 5.75 Å². The number of hydrogen-bond donors (Lipinski definition) is 1. The number of carbonyl (C=O) groups is 1. The zero-order chi connectivity index (χ0) is 22.3. The Labute approximate surface area is 191 Å². The third kappa shape index (κ3) is 5.31. The van der Waals surface area contributed by atoms with Gasteiger partial charge in [-0.25, -0.2) is 5.43 Å². The topological polar surface area (TPSA) is 72.2 Å². The highest BCUT2D eigenvalue weighted by atomic mass is 32.2. The van der Waals surface area contributed by atoms with Crippen LogP contribution in [0.4, 0.5) is 0 Å². The van der Waals surface area contributed by atoms with Gasteiger partial charge in [-0.15, -0.1) is 10.2 Å². The van der Waals surface area contributed by atoms with Crippen LogP contribution in [0.1, 0.15) is 16.7 Å². The average Bonchev–Trinajstić information content (AvgIpc) is 3.24. The lowest BCUT2D eigenvalue weighted by Gasteiger charge is -2.10. The van der Waals surface area contributed by atoms with E-state index in [0.717, 1.165) is 22.6 Å². The molecule has 0 spiro atoms. The Hall–Kier alpha value is -3.71. The molecule has 0 unspecified atom stereocenters. The van der Waals surface area contributed by atoms with Crippen LogP contribution in [0, 0.1) is 13.8 Å². The number of rotatable bonds is 7. The van der Waals surface area contributed by atoms with E-state index in [1.165, 1.54) is 22.9 Å². The van der Waals surface area contributed by atoms with Crippen LogP contribution in [0.2, 0.25) is 0 Å². The van der Waals surface area contributed by atoms with E-state index in [9.17, 15) is 4.79 Å². The first-order valence-electron chi connectivity index (χ1n) is 10.2. The number of nitrogens with one attached hydrogen (secondary N) is 1. The minimum Gasteiger partial charge on any atom is -0.272 e. The van der Waals surface area contributed by atoms with Crippen LogP contribution in [-0.4, -0.2) is 32.6 Å². The number of hydrogen-bond acceptors (Lipinski definition) is 5. The van der Waals surface area contributed by atoms with Gasteiger partial charge in [0, 0.05) is 11.3 Å². The second-order valence-corrected chi connectivity index (χ2v) is 8.28. The van der Waals surface area contributed by atoms with Crippen molar-refractivity contribution in [3.8, 4) is 17.1 Å². The maximum absolute atomic E-state index is 12.3. The fourth-order valence-electron chi connectivity index (χ4n) is 3.06. The predicted molar refractivity (Wildman–Crippen MR) is 129 cm³/mol. The van der Waals surface area contributed by atoms with E-state index in [4.69, 9.17) is 0 Å². The summed E-state index contributed by atoms with van der Waals surface area (Å²) in [5.74, 6) is 0.692. The quantitative estimate of drug-likeness (QED) is 0.254. The summed E-state index contributed by atoms with van der Waals surface area (Å²) >= 11 is 1.32. The van der Waals surface area contributed by atoms with Crippen LogP contribution in [-0.2, 0) is 4.79 Å². The molecule has 160 valence electrons. The van der Waals surface area contributed by atoms with Crippen molar-refractivity contribution >= 4 is 23.9 Å². The van der Waals surface area contributed by atoms with Crippen molar-refractivity contribution in [1.29, 1.82) is 0 Å². The molecule has 0 saturated heterocycles. The van der Waals surface area contributed by atoms with E-state index in [1.807, 2.05) is 97.3 Å². The SMILES string of the molecule is Cc1ccc(/C=N\NC(=O)CSc2nnc(-c3ccccc3)n2-c2ccc(C)cc2)cc1. The highest BCUT2D eigenvalue weighted by Gasteiger charge is 2.17. The number of nitrogens with zero attached hydrogens (tertiary/aromatic N) is 4. The summed E-state index contributed by atoms with van der Waals surface area (Å²) in [6.45, 7) is 4.07. The molecule has 1 heterocycles. The van der Waals surface area contributed by atoms with Crippen molar-refractivity contribution in [3.05, 3.63) is 95.6 Å². The molecule has 7 heteroatoms. The predicted octanol–water partition coefficient (Wildman–Crippen LogP) is 4.79. The molecule has 3 aromatic carbocycles. The molecule has 1 N–H and O–H groups in total. The molecule has 4 aromatic rings. The molecule has 6 nitrogen and oxygen atoms in total. The molecular formula is C25H23N5OS. The van der Waals surface area contributed by atoms with E-state index in [0.29, 0.717) is 5.16 Å². The Kier molecular flexibility index (Phi) is 6.77. The molecule has 0 atom stereocenters. The van der Waals surface area contributed by atoms with Gasteiger partial charge in [-0.1, -0.05) is 89.6 Å². The van der Waals surface area contributed by atoms with Gasteiger partial charge in [0.2, 0.25) is 0 Å². The Morgan fingerprint density at radius 1 is 0.938 bits per heavy atom. The molecule has 1 aromatic heterocycles. The highest BCUT2D eigenvalue weighted by molar-refractivity contribution is 7.99. The Morgan fingerprint density at radius 2 is 1.59 bits per heavy atom. The number of aryl methyl sites for hydroxylation is 2. The van der Waals surface area contributed by atoms with E-state index in [-0.39, 0.29) is 11.7 Å². The number of carbonyl (C=O) groups excluding carboxylic acids is 1. The molecule has 0 bridgehead atoms. The molecule has 1 amide bonds. The van der Waals surface area contributed by atoms with Crippen molar-refractivity contribution < 1.29 is 4.79 Å². The van der Waals surface area contributed by atoms with Gasteiger partial charge in [-0.2, -0.15) is 5.10 Å². The zero-order valence-corrected chi connectivity index (χ0v) is 18.7. The van der Waals surface area contributed by atoms with Gasteiger partial charge < -0.3 is 0 Å². The first-order valence-corrected chi connectivity index (χ1v) is 11.2. The largest absolute Gasteiger partial charge is 0.272 e. The Morgan fingerprint density at radius 3 is 2.28 bits per heavy atom. The fourth-order valence-corrected chi connectivity index (χ4v) is 3.80. The summed E-state index contributed by atoms with van der Waals surface area (Å²) < 4.78 is 1.97. The summed E-state index contributed by atoms with van der Waals surface area (Å²) in [6.07, 6.45) is 1.63. The lowest BCUT2D eigenvalue weighted by atomic mass is 10.2. The summed E-state index contributed by atoms with van der Waals surface area (Å²) in [4.78, 5) is 12.3. The third-order valence-electron chi connectivity index (χ3n) is 4.77. The molecular weight excluding hydrogens is 418 g/mol. The highest BCUT2D eigenvalue weighted by Crippen LogP contribution is 2.28. The van der Waals surface area contributed by atoms with E-state index < -0.39 is 0 Å². The van der Waals surface area contributed by atoms with Crippen LogP contribution >= 0.6 is 11.8 Å².